The average molecular weight is 431 g/mol. The van der Waals surface area contributed by atoms with Gasteiger partial charge in [-0.1, -0.05) is 6.07 Å². The minimum Gasteiger partial charge on any atom is -0.483 e. The number of pyridine rings is 1. The van der Waals surface area contributed by atoms with E-state index >= 15 is 0 Å². The van der Waals surface area contributed by atoms with Crippen molar-refractivity contribution < 1.29 is 24.6 Å². The van der Waals surface area contributed by atoms with Crippen molar-refractivity contribution in [3.05, 3.63) is 48.0 Å². The number of aryl methyl sites for hydroxylation is 2. The molecule has 2 heterocycles. The molecule has 3 atom stereocenters. The number of rotatable bonds is 8. The highest BCUT2D eigenvalue weighted by molar-refractivity contribution is 5.80. The Hall–Kier alpha value is -3.27. The first kappa shape index (κ1) is 24.0. The number of nitrogens with zero attached hydrogens (tertiary/aromatic N) is 3. The van der Waals surface area contributed by atoms with Gasteiger partial charge < -0.3 is 20.8 Å². The number of carbonyl (C=O) groups is 3. The van der Waals surface area contributed by atoms with E-state index in [1.54, 1.807) is 23.3 Å². The number of hydrogen-bond donors (Lipinski definition) is 4. The fourth-order valence-corrected chi connectivity index (χ4v) is 3.47. The maximum absolute atomic E-state index is 12.4. The lowest BCUT2D eigenvalue weighted by atomic mass is 10.1. The van der Waals surface area contributed by atoms with Crippen molar-refractivity contribution >= 4 is 18.3 Å². The molecule has 1 aliphatic rings. The van der Waals surface area contributed by atoms with Crippen molar-refractivity contribution in [2.24, 2.45) is 5.92 Å². The Morgan fingerprint density at radius 2 is 2.06 bits per heavy atom. The van der Waals surface area contributed by atoms with Gasteiger partial charge in [0.1, 0.15) is 0 Å². The van der Waals surface area contributed by atoms with Gasteiger partial charge in [-0.05, 0) is 37.8 Å². The first-order valence-corrected chi connectivity index (χ1v) is 10.2. The number of carbonyl (C=O) groups excluding carboxylic acids is 2. The van der Waals surface area contributed by atoms with E-state index in [0.29, 0.717) is 32.2 Å². The van der Waals surface area contributed by atoms with Crippen LogP contribution in [0.3, 0.4) is 0 Å². The van der Waals surface area contributed by atoms with Gasteiger partial charge in [0, 0.05) is 49.6 Å². The van der Waals surface area contributed by atoms with Crippen LogP contribution in [-0.4, -0.2) is 55.4 Å². The zero-order chi connectivity index (χ0) is 22.6. The predicted octanol–water partition coefficient (Wildman–Crippen LogP) is 0.504. The van der Waals surface area contributed by atoms with Crippen LogP contribution in [0.5, 0.6) is 0 Å². The number of aliphatic hydroxyl groups is 1. The molecule has 168 valence electrons. The van der Waals surface area contributed by atoms with Crippen LogP contribution in [-0.2, 0) is 33.9 Å². The van der Waals surface area contributed by atoms with Crippen molar-refractivity contribution in [3.63, 3.8) is 0 Å². The van der Waals surface area contributed by atoms with Crippen molar-refractivity contribution in [3.8, 4) is 0 Å². The molecule has 10 heteroatoms. The van der Waals surface area contributed by atoms with Gasteiger partial charge >= 0.3 is 0 Å². The zero-order valence-electron chi connectivity index (χ0n) is 17.5. The molecule has 1 fully saturated rings. The molecule has 2 amide bonds. The molecule has 2 aromatic heterocycles. The van der Waals surface area contributed by atoms with Crippen LogP contribution in [0.25, 0.3) is 0 Å². The molecule has 2 aromatic rings. The summed E-state index contributed by atoms with van der Waals surface area (Å²) in [7, 11) is 0. The largest absolute Gasteiger partial charge is 0.483 e. The number of carboxylic acid groups (broad SMARTS) is 1. The Bertz CT molecular complexity index is 842. The second-order valence-electron chi connectivity index (χ2n) is 7.30. The molecule has 0 saturated heterocycles. The second kappa shape index (κ2) is 12.4. The molecule has 0 radical (unpaired) electrons. The lowest BCUT2D eigenvalue weighted by Crippen LogP contribution is -2.40. The standard InChI is InChI=1S/C20H27N5O3.CH2O2/c1-2-25-13-15(12-23-25)11-22-20(28)16-8-17(18(26)9-16)24-19(27)6-5-14-4-3-7-21-10-14;2-1-3/h3-4,7,10,12-13,16-18,26H,2,5-6,8-9,11H2,1H3,(H,22,28)(H,24,27);1H,(H,2,3)/t16-,17+,18+;/m0./s1. The molecule has 0 unspecified atom stereocenters. The van der Waals surface area contributed by atoms with Gasteiger partial charge in [0.25, 0.3) is 6.47 Å². The molecule has 1 saturated carbocycles. The summed E-state index contributed by atoms with van der Waals surface area (Å²) in [5.74, 6) is -0.531. The number of aliphatic hydroxyl groups excluding tert-OH is 1. The lowest BCUT2D eigenvalue weighted by molar-refractivity contribution is -0.125. The van der Waals surface area contributed by atoms with E-state index in [-0.39, 0.29) is 30.2 Å². The maximum Gasteiger partial charge on any atom is 0.290 e. The maximum atomic E-state index is 12.4. The summed E-state index contributed by atoms with van der Waals surface area (Å²) >= 11 is 0. The van der Waals surface area contributed by atoms with E-state index in [0.717, 1.165) is 17.7 Å². The Morgan fingerprint density at radius 1 is 1.29 bits per heavy atom. The molecule has 0 bridgehead atoms. The summed E-state index contributed by atoms with van der Waals surface area (Å²) in [5, 5.41) is 27.1. The van der Waals surface area contributed by atoms with Crippen LogP contribution in [0.4, 0.5) is 0 Å². The van der Waals surface area contributed by atoms with Gasteiger partial charge in [0.2, 0.25) is 11.8 Å². The molecule has 0 aliphatic heterocycles. The minimum absolute atomic E-state index is 0.101. The van der Waals surface area contributed by atoms with Crippen LogP contribution in [0.1, 0.15) is 37.3 Å². The first-order chi connectivity index (χ1) is 15.0. The number of amides is 2. The van der Waals surface area contributed by atoms with Crippen LogP contribution >= 0.6 is 0 Å². The molecular formula is C21H29N5O5. The highest BCUT2D eigenvalue weighted by Crippen LogP contribution is 2.26. The van der Waals surface area contributed by atoms with Crippen LogP contribution < -0.4 is 10.6 Å². The minimum atomic E-state index is -0.707. The van der Waals surface area contributed by atoms with Gasteiger partial charge in [-0.3, -0.25) is 24.0 Å². The number of aromatic nitrogens is 3. The third kappa shape index (κ3) is 7.82. The van der Waals surface area contributed by atoms with Gasteiger partial charge in [-0.2, -0.15) is 5.10 Å². The number of hydrogen-bond acceptors (Lipinski definition) is 6. The van der Waals surface area contributed by atoms with Crippen molar-refractivity contribution in [2.45, 2.75) is 57.8 Å². The van der Waals surface area contributed by atoms with Gasteiger partial charge in [-0.15, -0.1) is 0 Å². The van der Waals surface area contributed by atoms with Crippen molar-refractivity contribution in [2.75, 3.05) is 0 Å². The van der Waals surface area contributed by atoms with Crippen LogP contribution in [0, 0.1) is 5.92 Å². The molecule has 3 rings (SSSR count). The van der Waals surface area contributed by atoms with E-state index in [1.807, 2.05) is 25.3 Å². The summed E-state index contributed by atoms with van der Waals surface area (Å²) in [4.78, 5) is 37.0. The lowest BCUT2D eigenvalue weighted by Gasteiger charge is -2.16. The van der Waals surface area contributed by atoms with E-state index in [1.165, 1.54) is 0 Å². The van der Waals surface area contributed by atoms with Gasteiger partial charge in [0.15, 0.2) is 0 Å². The molecule has 31 heavy (non-hydrogen) atoms. The predicted molar refractivity (Wildman–Crippen MR) is 112 cm³/mol. The fourth-order valence-electron chi connectivity index (χ4n) is 3.47. The SMILES string of the molecule is CCn1cc(CNC(=O)[C@@H]2C[C@@H](O)[C@H](NC(=O)CCc3cccnc3)C2)cn1.O=CO. The van der Waals surface area contributed by atoms with Crippen molar-refractivity contribution in [1.29, 1.82) is 0 Å². The molecule has 10 nitrogen and oxygen atoms in total. The summed E-state index contributed by atoms with van der Waals surface area (Å²) in [6.45, 7) is 2.94. The Balaban J connectivity index is 0.00000107. The zero-order valence-corrected chi connectivity index (χ0v) is 17.5. The summed E-state index contributed by atoms with van der Waals surface area (Å²) in [6.07, 6.45) is 8.08. The van der Waals surface area contributed by atoms with E-state index in [9.17, 15) is 14.7 Å². The Kier molecular flexibility index (Phi) is 9.63. The molecule has 4 N–H and O–H groups in total. The normalized spacial score (nSPS) is 19.7. The average Bonchev–Trinajstić information content (AvgIpc) is 3.38. The first-order valence-electron chi connectivity index (χ1n) is 10.2. The summed E-state index contributed by atoms with van der Waals surface area (Å²) in [5.41, 5.74) is 1.93. The van der Waals surface area contributed by atoms with E-state index in [2.05, 4.69) is 20.7 Å². The third-order valence-corrected chi connectivity index (χ3v) is 5.09. The fraction of sp³-hybridized carbons (Fsp3) is 0.476. The Morgan fingerprint density at radius 3 is 2.71 bits per heavy atom. The van der Waals surface area contributed by atoms with E-state index < -0.39 is 6.10 Å². The highest BCUT2D eigenvalue weighted by atomic mass is 16.3. The van der Waals surface area contributed by atoms with Crippen molar-refractivity contribution in [1.82, 2.24) is 25.4 Å². The number of nitrogens with one attached hydrogen (secondary N) is 2. The molecule has 1 aliphatic carbocycles. The smallest absolute Gasteiger partial charge is 0.290 e. The van der Waals surface area contributed by atoms with E-state index in [4.69, 9.17) is 9.90 Å². The molecule has 0 aromatic carbocycles. The summed E-state index contributed by atoms with van der Waals surface area (Å²) in [6, 6.07) is 3.37. The topological polar surface area (TPSA) is 146 Å². The summed E-state index contributed by atoms with van der Waals surface area (Å²) < 4.78 is 1.80. The Labute approximate surface area is 180 Å². The highest BCUT2D eigenvalue weighted by Gasteiger charge is 2.37. The third-order valence-electron chi connectivity index (χ3n) is 5.09. The van der Waals surface area contributed by atoms with Gasteiger partial charge in [-0.25, -0.2) is 0 Å². The second-order valence-corrected chi connectivity index (χ2v) is 7.30. The van der Waals surface area contributed by atoms with Gasteiger partial charge in [0.05, 0.1) is 18.3 Å². The molecular weight excluding hydrogens is 402 g/mol. The monoisotopic (exact) mass is 431 g/mol. The quantitative estimate of drug-likeness (QED) is 0.445. The van der Waals surface area contributed by atoms with Crippen LogP contribution in [0.2, 0.25) is 0 Å². The van der Waals surface area contributed by atoms with Crippen LogP contribution in [0.15, 0.2) is 36.9 Å². The molecule has 0 spiro atoms.